The van der Waals surface area contributed by atoms with Gasteiger partial charge >= 0.3 is 0 Å². The van der Waals surface area contributed by atoms with Gasteiger partial charge in [-0.15, -0.1) is 0 Å². The minimum Gasteiger partial charge on any atom is -0.314 e. The van der Waals surface area contributed by atoms with Crippen molar-refractivity contribution in [1.29, 1.82) is 0 Å². The molecule has 0 spiro atoms. The van der Waals surface area contributed by atoms with Gasteiger partial charge in [-0.3, -0.25) is 4.68 Å². The lowest BCUT2D eigenvalue weighted by atomic mass is 10.0. The molecule has 20 heavy (non-hydrogen) atoms. The molecule has 0 amide bonds. The van der Waals surface area contributed by atoms with Crippen LogP contribution in [0.25, 0.3) is 0 Å². The lowest BCUT2D eigenvalue weighted by molar-refractivity contribution is 0.453. The monoisotopic (exact) mass is 299 g/mol. The SMILES string of the molecule is CCCCCCC(Cc1c(Cl)c(CC)nn1C)NCC. The minimum atomic E-state index is 0.509. The molecule has 0 bridgehead atoms. The summed E-state index contributed by atoms with van der Waals surface area (Å²) in [6.07, 6.45) is 8.35. The fourth-order valence-corrected chi connectivity index (χ4v) is 3.03. The van der Waals surface area contributed by atoms with E-state index in [1.165, 1.54) is 37.8 Å². The van der Waals surface area contributed by atoms with E-state index in [0.29, 0.717) is 6.04 Å². The molecule has 0 radical (unpaired) electrons. The fraction of sp³-hybridized carbons (Fsp3) is 0.812. The van der Waals surface area contributed by atoms with Crippen LogP contribution in [0.2, 0.25) is 5.02 Å². The molecule has 116 valence electrons. The summed E-state index contributed by atoms with van der Waals surface area (Å²) in [4.78, 5) is 0. The van der Waals surface area contributed by atoms with Crippen molar-refractivity contribution >= 4 is 11.6 Å². The highest BCUT2D eigenvalue weighted by atomic mass is 35.5. The fourth-order valence-electron chi connectivity index (χ4n) is 2.66. The van der Waals surface area contributed by atoms with Crippen LogP contribution in [-0.2, 0) is 19.9 Å². The molecule has 0 saturated carbocycles. The number of likely N-dealkylation sites (N-methyl/N-ethyl adjacent to an activating group) is 1. The Balaban J connectivity index is 2.62. The van der Waals surface area contributed by atoms with Crippen molar-refractivity contribution < 1.29 is 0 Å². The van der Waals surface area contributed by atoms with Gasteiger partial charge in [-0.05, 0) is 19.4 Å². The summed E-state index contributed by atoms with van der Waals surface area (Å²) in [6, 6.07) is 0.509. The standard InChI is InChI=1S/C16H30ClN3/c1-5-8-9-10-11-13(18-7-3)12-15-16(17)14(6-2)19-20(15)4/h13,18H,5-12H2,1-4H3. The van der Waals surface area contributed by atoms with Crippen molar-refractivity contribution in [2.45, 2.75) is 71.8 Å². The number of hydrogen-bond acceptors (Lipinski definition) is 2. The molecule has 0 aliphatic heterocycles. The van der Waals surface area contributed by atoms with Gasteiger partial charge in [0.25, 0.3) is 0 Å². The summed E-state index contributed by atoms with van der Waals surface area (Å²) >= 11 is 6.45. The first-order valence-electron chi connectivity index (χ1n) is 8.07. The average molecular weight is 300 g/mol. The van der Waals surface area contributed by atoms with E-state index in [4.69, 9.17) is 11.6 Å². The molecule has 4 heteroatoms. The molecule has 0 aliphatic carbocycles. The highest BCUT2D eigenvalue weighted by Crippen LogP contribution is 2.23. The number of rotatable bonds is 10. The molecule has 3 nitrogen and oxygen atoms in total. The van der Waals surface area contributed by atoms with Crippen LogP contribution in [0.4, 0.5) is 0 Å². The van der Waals surface area contributed by atoms with Crippen LogP contribution in [0.1, 0.15) is 64.3 Å². The zero-order valence-corrected chi connectivity index (χ0v) is 14.3. The Kier molecular flexibility index (Phi) is 8.24. The van der Waals surface area contributed by atoms with E-state index < -0.39 is 0 Å². The second-order valence-electron chi connectivity index (χ2n) is 5.49. The molecule has 1 aromatic heterocycles. The van der Waals surface area contributed by atoms with Gasteiger partial charge in [0.2, 0.25) is 0 Å². The minimum absolute atomic E-state index is 0.509. The molecule has 0 fully saturated rings. The van der Waals surface area contributed by atoms with E-state index in [9.17, 15) is 0 Å². The van der Waals surface area contributed by atoms with Crippen molar-refractivity contribution in [3.63, 3.8) is 0 Å². The highest BCUT2D eigenvalue weighted by molar-refractivity contribution is 6.31. The number of aromatic nitrogens is 2. The number of nitrogens with zero attached hydrogens (tertiary/aromatic N) is 2. The second-order valence-corrected chi connectivity index (χ2v) is 5.87. The van der Waals surface area contributed by atoms with E-state index >= 15 is 0 Å². The number of nitrogens with one attached hydrogen (secondary N) is 1. The predicted molar refractivity (Wildman–Crippen MR) is 87.5 cm³/mol. The van der Waals surface area contributed by atoms with E-state index in [-0.39, 0.29) is 0 Å². The zero-order valence-electron chi connectivity index (χ0n) is 13.5. The summed E-state index contributed by atoms with van der Waals surface area (Å²) in [7, 11) is 2.00. The lowest BCUT2D eigenvalue weighted by Crippen LogP contribution is -2.31. The number of halogens is 1. The Morgan fingerprint density at radius 1 is 1.20 bits per heavy atom. The van der Waals surface area contributed by atoms with Crippen molar-refractivity contribution in [3.8, 4) is 0 Å². The third kappa shape index (κ3) is 5.10. The van der Waals surface area contributed by atoms with E-state index in [0.717, 1.165) is 30.1 Å². The Morgan fingerprint density at radius 2 is 1.95 bits per heavy atom. The first-order valence-corrected chi connectivity index (χ1v) is 8.45. The van der Waals surface area contributed by atoms with Gasteiger partial charge in [0, 0.05) is 19.5 Å². The van der Waals surface area contributed by atoms with Gasteiger partial charge < -0.3 is 5.32 Å². The molecule has 1 aromatic rings. The summed E-state index contributed by atoms with van der Waals surface area (Å²) in [6.45, 7) is 7.53. The summed E-state index contributed by atoms with van der Waals surface area (Å²) in [5, 5.41) is 8.97. The molecule has 0 aliphatic rings. The maximum atomic E-state index is 6.45. The zero-order chi connectivity index (χ0) is 15.0. The van der Waals surface area contributed by atoms with Gasteiger partial charge in [-0.2, -0.15) is 5.10 Å². The number of unbranched alkanes of at least 4 members (excludes halogenated alkanes) is 3. The third-order valence-electron chi connectivity index (χ3n) is 3.84. The van der Waals surface area contributed by atoms with Crippen LogP contribution in [0.5, 0.6) is 0 Å². The van der Waals surface area contributed by atoms with Gasteiger partial charge in [-0.25, -0.2) is 0 Å². The van der Waals surface area contributed by atoms with Crippen LogP contribution < -0.4 is 5.32 Å². The van der Waals surface area contributed by atoms with E-state index in [1.807, 2.05) is 11.7 Å². The molecule has 1 atom stereocenters. The van der Waals surface area contributed by atoms with Crippen molar-refractivity contribution in [3.05, 3.63) is 16.4 Å². The summed E-state index contributed by atoms with van der Waals surface area (Å²) < 4.78 is 1.96. The van der Waals surface area contributed by atoms with Crippen molar-refractivity contribution in [2.24, 2.45) is 7.05 Å². The van der Waals surface area contributed by atoms with Crippen molar-refractivity contribution in [1.82, 2.24) is 15.1 Å². The molecule has 1 heterocycles. The van der Waals surface area contributed by atoms with E-state index in [2.05, 4.69) is 31.2 Å². The summed E-state index contributed by atoms with van der Waals surface area (Å²) in [5.74, 6) is 0. The molecule has 1 unspecified atom stereocenters. The van der Waals surface area contributed by atoms with Crippen LogP contribution in [-0.4, -0.2) is 22.4 Å². The Morgan fingerprint density at radius 3 is 2.50 bits per heavy atom. The molecule has 0 saturated heterocycles. The Hall–Kier alpha value is -0.540. The molecule has 1 N–H and O–H groups in total. The molecular weight excluding hydrogens is 270 g/mol. The maximum absolute atomic E-state index is 6.45. The normalized spacial score (nSPS) is 12.8. The predicted octanol–water partition coefficient (Wildman–Crippen LogP) is 4.13. The quantitative estimate of drug-likeness (QED) is 0.658. The largest absolute Gasteiger partial charge is 0.314 e. The van der Waals surface area contributed by atoms with E-state index in [1.54, 1.807) is 0 Å². The van der Waals surface area contributed by atoms with Gasteiger partial charge in [-0.1, -0.05) is 58.1 Å². The molecule has 0 aromatic carbocycles. The highest BCUT2D eigenvalue weighted by Gasteiger charge is 2.17. The molecule has 1 rings (SSSR count). The Bertz CT molecular complexity index is 387. The lowest BCUT2D eigenvalue weighted by Gasteiger charge is -2.18. The maximum Gasteiger partial charge on any atom is 0.0850 e. The van der Waals surface area contributed by atoms with Gasteiger partial charge in [0.15, 0.2) is 0 Å². The van der Waals surface area contributed by atoms with Gasteiger partial charge in [0.05, 0.1) is 16.4 Å². The van der Waals surface area contributed by atoms with Crippen LogP contribution >= 0.6 is 11.6 Å². The van der Waals surface area contributed by atoms with Crippen molar-refractivity contribution in [2.75, 3.05) is 6.54 Å². The summed E-state index contributed by atoms with van der Waals surface area (Å²) in [5.41, 5.74) is 2.19. The first-order chi connectivity index (χ1) is 9.63. The number of hydrogen-bond donors (Lipinski definition) is 1. The van der Waals surface area contributed by atoms with Crippen LogP contribution in [0, 0.1) is 0 Å². The smallest absolute Gasteiger partial charge is 0.0850 e. The van der Waals surface area contributed by atoms with Crippen LogP contribution in [0.3, 0.4) is 0 Å². The number of aryl methyl sites for hydroxylation is 2. The first kappa shape index (κ1) is 17.5. The Labute approximate surface area is 129 Å². The molecular formula is C16H30ClN3. The van der Waals surface area contributed by atoms with Crippen LogP contribution in [0.15, 0.2) is 0 Å². The second kappa shape index (κ2) is 9.41. The average Bonchev–Trinajstić information content (AvgIpc) is 2.71. The third-order valence-corrected chi connectivity index (χ3v) is 4.28. The van der Waals surface area contributed by atoms with Gasteiger partial charge in [0.1, 0.15) is 0 Å². The topological polar surface area (TPSA) is 29.9 Å².